The van der Waals surface area contributed by atoms with Gasteiger partial charge in [-0.05, 0) is 18.2 Å². The molecule has 0 unspecified atom stereocenters. The highest BCUT2D eigenvalue weighted by molar-refractivity contribution is 7.71. The summed E-state index contributed by atoms with van der Waals surface area (Å²) in [5.41, 5.74) is 2.10. The van der Waals surface area contributed by atoms with Crippen LogP contribution in [0.1, 0.15) is 0 Å². The van der Waals surface area contributed by atoms with E-state index in [0.29, 0.717) is 0 Å². The van der Waals surface area contributed by atoms with Crippen LogP contribution in [0.2, 0.25) is 0 Å². The third-order valence-corrected chi connectivity index (χ3v) is 6.18. The largest absolute Gasteiger partial charge is 0.470 e. The van der Waals surface area contributed by atoms with Crippen LogP contribution in [0.4, 0.5) is 0 Å². The van der Waals surface area contributed by atoms with Gasteiger partial charge in [0.25, 0.3) is 0 Å². The molecule has 0 spiro atoms. The van der Waals surface area contributed by atoms with Crippen molar-refractivity contribution in [3.05, 3.63) is 48.5 Å². The lowest BCUT2D eigenvalue weighted by Gasteiger charge is -2.27. The first kappa shape index (κ1) is 12.1. The average molecular weight is 287 g/mol. The van der Waals surface area contributed by atoms with E-state index in [2.05, 4.69) is 21.0 Å². The summed E-state index contributed by atoms with van der Waals surface area (Å²) in [5.74, 6) is 0.751. The second-order valence-electron chi connectivity index (χ2n) is 3.78. The molecule has 0 atom stereocenters. The molecule has 2 aromatic rings. The van der Waals surface area contributed by atoms with Crippen LogP contribution in [0.5, 0.6) is 5.75 Å². The van der Waals surface area contributed by atoms with Crippen LogP contribution in [-0.2, 0) is 8.43 Å². The first-order valence-corrected chi connectivity index (χ1v) is 7.65. The summed E-state index contributed by atoms with van der Waals surface area (Å²) in [6.45, 7) is 0. The zero-order valence-corrected chi connectivity index (χ0v) is 12.2. The standard InChI is InChI=1S/C12H8O3PSi2/c17-14-16(15-18)12-8-4-2-6-10(12)9-5-1-3-7-11(9)13-16/h1-8H/q+1. The number of hydrogen-bond acceptors (Lipinski definition) is 3. The van der Waals surface area contributed by atoms with Crippen LogP contribution < -0.4 is 9.83 Å². The zero-order chi connectivity index (χ0) is 12.6. The highest BCUT2D eigenvalue weighted by Crippen LogP contribution is 2.63. The van der Waals surface area contributed by atoms with Gasteiger partial charge in [-0.25, -0.2) is 8.43 Å². The summed E-state index contributed by atoms with van der Waals surface area (Å²) in [5, 5.41) is 0.897. The molecule has 6 radical (unpaired) electrons. The van der Waals surface area contributed by atoms with Crippen molar-refractivity contribution in [2.75, 3.05) is 0 Å². The maximum Gasteiger partial charge on any atom is 0.470 e. The molecule has 0 aromatic heterocycles. The number of benzene rings is 2. The third-order valence-electron chi connectivity index (χ3n) is 2.84. The number of fused-ring (bicyclic) bond motifs is 3. The van der Waals surface area contributed by atoms with E-state index in [1.54, 1.807) is 0 Å². The predicted octanol–water partition coefficient (Wildman–Crippen LogP) is 2.33. The van der Waals surface area contributed by atoms with E-state index in [9.17, 15) is 0 Å². The summed E-state index contributed by atoms with van der Waals surface area (Å²) < 4.78 is 16.6. The van der Waals surface area contributed by atoms with Gasteiger partial charge in [-0.2, -0.15) is 0 Å². The maximum atomic E-state index is 5.91. The molecule has 0 saturated carbocycles. The summed E-state index contributed by atoms with van der Waals surface area (Å²) in [4.78, 5) is 0. The van der Waals surface area contributed by atoms with E-state index in [4.69, 9.17) is 12.9 Å². The second kappa shape index (κ2) is 4.61. The van der Waals surface area contributed by atoms with Crippen molar-refractivity contribution < 1.29 is 12.9 Å². The average Bonchev–Trinajstić information content (AvgIpc) is 2.46. The quantitative estimate of drug-likeness (QED) is 0.627. The summed E-state index contributed by atoms with van der Waals surface area (Å²) in [7, 11) is 3.49. The Morgan fingerprint density at radius 2 is 1.44 bits per heavy atom. The third kappa shape index (κ3) is 1.67. The van der Waals surface area contributed by atoms with Crippen molar-refractivity contribution in [3.8, 4) is 16.9 Å². The molecule has 0 saturated heterocycles. The molecule has 1 aliphatic heterocycles. The Kier molecular flexibility index (Phi) is 3.09. The maximum absolute atomic E-state index is 5.91. The van der Waals surface area contributed by atoms with E-state index in [0.717, 1.165) is 22.2 Å². The fraction of sp³-hybridized carbons (Fsp3) is 0. The molecule has 3 rings (SSSR count). The molecule has 0 fully saturated rings. The van der Waals surface area contributed by atoms with Gasteiger partial charge in [0.2, 0.25) is 0 Å². The minimum Gasteiger partial charge on any atom is -0.282 e. The van der Waals surface area contributed by atoms with E-state index >= 15 is 0 Å². The van der Waals surface area contributed by atoms with Crippen molar-refractivity contribution >= 4 is 34.2 Å². The Morgan fingerprint density at radius 3 is 2.17 bits per heavy atom. The highest BCUT2D eigenvalue weighted by Gasteiger charge is 2.52. The Bertz CT molecular complexity index is 587. The molecule has 1 aliphatic rings. The first-order chi connectivity index (χ1) is 8.80. The van der Waals surface area contributed by atoms with Crippen LogP contribution in [0.3, 0.4) is 0 Å². The van der Waals surface area contributed by atoms with Crippen molar-refractivity contribution in [1.82, 2.24) is 0 Å². The van der Waals surface area contributed by atoms with Crippen molar-refractivity contribution in [2.45, 2.75) is 0 Å². The van der Waals surface area contributed by atoms with E-state index in [-0.39, 0.29) is 0 Å². The lowest BCUT2D eigenvalue weighted by Crippen LogP contribution is -2.25. The summed E-state index contributed by atoms with van der Waals surface area (Å²) in [6, 6.07) is 15.7. The molecule has 2 aromatic carbocycles. The molecule has 0 aliphatic carbocycles. The normalized spacial score (nSPS) is 15.4. The van der Waals surface area contributed by atoms with Gasteiger partial charge in [0, 0.05) is 11.1 Å². The lowest BCUT2D eigenvalue weighted by atomic mass is 10.0. The molecule has 1 heterocycles. The van der Waals surface area contributed by atoms with E-state index in [1.807, 2.05) is 48.5 Å². The van der Waals surface area contributed by atoms with Gasteiger partial charge in [-0.3, -0.25) is 4.52 Å². The topological polar surface area (TPSA) is 27.7 Å². The van der Waals surface area contributed by atoms with Gasteiger partial charge in [0.15, 0.2) is 11.1 Å². The predicted molar refractivity (Wildman–Crippen MR) is 72.7 cm³/mol. The molecule has 86 valence electrons. The molecule has 0 N–H and O–H groups in total. The fourth-order valence-electron chi connectivity index (χ4n) is 2.04. The Hall–Kier alpha value is -0.976. The molecule has 0 bridgehead atoms. The molecular weight excluding hydrogens is 279 g/mol. The Balaban J connectivity index is 2.29. The van der Waals surface area contributed by atoms with Gasteiger partial charge < -0.3 is 0 Å². The highest BCUT2D eigenvalue weighted by atomic mass is 31.2. The molecular formula is C12H8O3PSi2+. The molecule has 18 heavy (non-hydrogen) atoms. The molecule has 0 amide bonds. The van der Waals surface area contributed by atoms with E-state index < -0.39 is 7.94 Å². The minimum atomic E-state index is -2.65. The zero-order valence-electron chi connectivity index (χ0n) is 9.29. The van der Waals surface area contributed by atoms with Crippen molar-refractivity contribution in [3.63, 3.8) is 0 Å². The minimum absolute atomic E-state index is 0.751. The number of rotatable bonds is 2. The first-order valence-electron chi connectivity index (χ1n) is 5.29. The summed E-state index contributed by atoms with van der Waals surface area (Å²) >= 11 is 0. The molecule has 3 nitrogen and oxygen atoms in total. The van der Waals surface area contributed by atoms with Crippen LogP contribution in [0.15, 0.2) is 48.5 Å². The van der Waals surface area contributed by atoms with Crippen LogP contribution in [-0.4, -0.2) is 21.0 Å². The van der Waals surface area contributed by atoms with E-state index in [1.165, 1.54) is 0 Å². The monoisotopic (exact) mass is 287 g/mol. The van der Waals surface area contributed by atoms with Crippen LogP contribution in [0.25, 0.3) is 11.1 Å². The fourth-order valence-corrected chi connectivity index (χ4v) is 4.89. The van der Waals surface area contributed by atoms with Gasteiger partial charge in [0.1, 0.15) is 0 Å². The van der Waals surface area contributed by atoms with Crippen molar-refractivity contribution in [1.29, 1.82) is 0 Å². The van der Waals surface area contributed by atoms with Gasteiger partial charge in [-0.1, -0.05) is 30.3 Å². The Morgan fingerprint density at radius 1 is 0.833 bits per heavy atom. The smallest absolute Gasteiger partial charge is 0.282 e. The lowest BCUT2D eigenvalue weighted by molar-refractivity contribution is 0.396. The number of para-hydroxylation sites is 1. The SMILES string of the molecule is [Si]O[P+]1(O[Si])Oc2ccccc2-c2ccccc21. The van der Waals surface area contributed by atoms with Crippen LogP contribution in [0, 0.1) is 0 Å². The van der Waals surface area contributed by atoms with Crippen LogP contribution >= 0.6 is 7.94 Å². The second-order valence-corrected chi connectivity index (χ2v) is 6.90. The van der Waals surface area contributed by atoms with Crippen molar-refractivity contribution in [2.24, 2.45) is 0 Å². The van der Waals surface area contributed by atoms with Gasteiger partial charge in [0.05, 0.1) is 0 Å². The summed E-state index contributed by atoms with van der Waals surface area (Å²) in [6.07, 6.45) is 0. The van der Waals surface area contributed by atoms with Gasteiger partial charge in [-0.15, -0.1) is 0 Å². The number of hydrogen-bond donors (Lipinski definition) is 0. The Labute approximate surface area is 113 Å². The molecule has 6 heteroatoms. The van der Waals surface area contributed by atoms with Gasteiger partial charge >= 0.3 is 28.9 Å².